The number of ether oxygens (including phenoxy) is 4. The fourth-order valence-electron chi connectivity index (χ4n) is 6.33. The van der Waals surface area contributed by atoms with Gasteiger partial charge in [-0.2, -0.15) is 21.1 Å². The van der Waals surface area contributed by atoms with Crippen LogP contribution in [0.4, 0.5) is 0 Å². The van der Waals surface area contributed by atoms with Crippen LogP contribution >= 0.6 is 0 Å². The van der Waals surface area contributed by atoms with Gasteiger partial charge in [0.25, 0.3) is 20.2 Å². The second-order valence-corrected chi connectivity index (χ2v) is 19.6. The maximum Gasteiger partial charge on any atom is 0.297 e. The molecule has 0 aliphatic carbocycles. The molecular weight excluding hydrogens is 747 g/mol. The number of hydrogen-bond donors (Lipinski definition) is 0. The minimum Gasteiger partial charge on any atom is -0.346 e. The average molecular weight is 796 g/mol. The highest BCUT2D eigenvalue weighted by Gasteiger charge is 2.42. The summed E-state index contributed by atoms with van der Waals surface area (Å²) >= 11 is 0. The van der Waals surface area contributed by atoms with E-state index in [1.165, 1.54) is 40.7 Å². The number of hydrogen-bond acceptors (Lipinski definition) is 12. The fraction of sp³-hybridized carbons (Fsp3) is 0.514. The molecule has 2 aliphatic rings. The molecule has 0 aromatic heterocycles. The zero-order chi connectivity index (χ0) is 38.8. The SMILES string of the molecule is Cc1ccc(S(=O)(=O)OC[C@@H]2C[C@H](CN(C[C@H]3C[C@@H](COS(=O)(=O)c4ccc(C)cc4)OC(C)(C)O3)S(=O)(=O)c3ccc(C)cc3)OC(C)(C)O2)cc1. The van der Waals surface area contributed by atoms with Crippen LogP contribution in [0.2, 0.25) is 0 Å². The lowest BCUT2D eigenvalue weighted by Gasteiger charge is -2.44. The first-order valence-electron chi connectivity index (χ1n) is 17.3. The third-order valence-corrected chi connectivity index (χ3v) is 13.2. The summed E-state index contributed by atoms with van der Waals surface area (Å²) in [6, 6.07) is 19.0. The van der Waals surface area contributed by atoms with Crippen molar-refractivity contribution in [2.45, 2.75) is 112 Å². The molecule has 0 saturated carbocycles. The molecular formula is C37H49NO12S3. The van der Waals surface area contributed by atoms with Crippen LogP contribution in [0.5, 0.6) is 0 Å². The molecule has 0 radical (unpaired) electrons. The Morgan fingerprint density at radius 3 is 1.17 bits per heavy atom. The van der Waals surface area contributed by atoms with Gasteiger partial charge in [0.1, 0.15) is 0 Å². The Hall–Kier alpha value is -2.77. The Labute approximate surface area is 313 Å². The summed E-state index contributed by atoms with van der Waals surface area (Å²) in [5.74, 6) is -2.40. The molecule has 0 spiro atoms. The van der Waals surface area contributed by atoms with Gasteiger partial charge in [-0.15, -0.1) is 0 Å². The van der Waals surface area contributed by atoms with E-state index in [1.54, 1.807) is 64.1 Å². The molecule has 13 nitrogen and oxygen atoms in total. The molecule has 3 aromatic rings. The van der Waals surface area contributed by atoms with Crippen LogP contribution in [-0.4, -0.2) is 91.9 Å². The maximum atomic E-state index is 14.3. The summed E-state index contributed by atoms with van der Waals surface area (Å²) in [7, 11) is -12.3. The highest BCUT2D eigenvalue weighted by atomic mass is 32.2. The van der Waals surface area contributed by atoms with E-state index in [4.69, 9.17) is 27.3 Å². The summed E-state index contributed by atoms with van der Waals surface area (Å²) < 4.78 is 117. The lowest BCUT2D eigenvalue weighted by atomic mass is 10.1. The molecule has 0 unspecified atom stereocenters. The summed E-state index contributed by atoms with van der Waals surface area (Å²) in [5.41, 5.74) is 2.68. The van der Waals surface area contributed by atoms with Crippen molar-refractivity contribution in [3.05, 3.63) is 89.5 Å². The number of sulfonamides is 1. The summed E-state index contributed by atoms with van der Waals surface area (Å²) in [4.78, 5) is 0.0863. The molecule has 292 valence electrons. The molecule has 53 heavy (non-hydrogen) atoms. The summed E-state index contributed by atoms with van der Waals surface area (Å²) in [6.45, 7) is 11.3. The molecule has 2 saturated heterocycles. The monoisotopic (exact) mass is 795 g/mol. The first-order valence-corrected chi connectivity index (χ1v) is 21.6. The predicted molar refractivity (Wildman–Crippen MR) is 195 cm³/mol. The molecule has 2 fully saturated rings. The van der Waals surface area contributed by atoms with E-state index in [2.05, 4.69) is 0 Å². The number of rotatable bonds is 14. The van der Waals surface area contributed by atoms with Gasteiger partial charge in [0.2, 0.25) is 10.0 Å². The molecule has 4 atom stereocenters. The van der Waals surface area contributed by atoms with Crippen molar-refractivity contribution in [1.29, 1.82) is 0 Å². The first-order chi connectivity index (χ1) is 24.6. The van der Waals surface area contributed by atoms with Crippen molar-refractivity contribution in [3.63, 3.8) is 0 Å². The standard InChI is InChI=1S/C37H49NO12S3/c1-26-8-14-33(15-9-26)51(39,40)38(22-29-20-31(49-36(4,5)47-29)24-45-52(41,42)34-16-10-27(2)11-17-34)23-30-21-32(50-37(6,7)48-30)25-46-53(43,44)35-18-12-28(3)13-19-35/h8-19,29-32H,20-25H2,1-7H3/t29-,30-,31+,32+/m1/s1. The van der Waals surface area contributed by atoms with E-state index >= 15 is 0 Å². The lowest BCUT2D eigenvalue weighted by Crippen LogP contribution is -2.54. The molecule has 0 N–H and O–H groups in total. The first kappa shape index (κ1) is 41.4. The smallest absolute Gasteiger partial charge is 0.297 e. The summed E-state index contributed by atoms with van der Waals surface area (Å²) in [6.07, 6.45) is -2.71. The van der Waals surface area contributed by atoms with Gasteiger partial charge in [-0.25, -0.2) is 8.42 Å². The van der Waals surface area contributed by atoms with Crippen molar-refractivity contribution in [3.8, 4) is 0 Å². The Bertz CT molecular complexity index is 1920. The van der Waals surface area contributed by atoms with Gasteiger partial charge in [-0.05, 0) is 84.9 Å². The quantitative estimate of drug-likeness (QED) is 0.196. The van der Waals surface area contributed by atoms with Gasteiger partial charge in [-0.1, -0.05) is 53.1 Å². The summed E-state index contributed by atoms with van der Waals surface area (Å²) in [5, 5.41) is 0. The van der Waals surface area contributed by atoms with E-state index in [-0.39, 0.29) is 53.8 Å². The molecule has 2 aliphatic heterocycles. The van der Waals surface area contributed by atoms with Crippen molar-refractivity contribution in [1.82, 2.24) is 4.31 Å². The topological polar surface area (TPSA) is 161 Å². The third kappa shape index (κ3) is 11.2. The number of nitrogens with zero attached hydrogens (tertiary/aromatic N) is 1. The predicted octanol–water partition coefficient (Wildman–Crippen LogP) is 5.23. The second-order valence-electron chi connectivity index (χ2n) is 14.5. The molecule has 0 amide bonds. The number of benzene rings is 3. The Morgan fingerprint density at radius 2 is 0.830 bits per heavy atom. The fourth-order valence-corrected chi connectivity index (χ4v) is 9.70. The van der Waals surface area contributed by atoms with Crippen molar-refractivity contribution >= 4 is 30.3 Å². The Kier molecular flexibility index (Phi) is 12.6. The van der Waals surface area contributed by atoms with Gasteiger partial charge < -0.3 is 18.9 Å². The van der Waals surface area contributed by atoms with Crippen LogP contribution < -0.4 is 0 Å². The molecule has 5 rings (SSSR count). The normalized spacial score (nSPS) is 23.5. The third-order valence-electron chi connectivity index (χ3n) is 8.76. The van der Waals surface area contributed by atoms with Crippen LogP contribution in [0.25, 0.3) is 0 Å². The largest absolute Gasteiger partial charge is 0.346 e. The second kappa shape index (κ2) is 16.1. The van der Waals surface area contributed by atoms with Gasteiger partial charge in [0.15, 0.2) is 11.6 Å². The van der Waals surface area contributed by atoms with E-state index in [0.717, 1.165) is 16.7 Å². The van der Waals surface area contributed by atoms with Crippen LogP contribution in [-0.2, 0) is 57.6 Å². The highest BCUT2D eigenvalue weighted by molar-refractivity contribution is 7.89. The molecule has 3 aromatic carbocycles. The molecule has 0 bridgehead atoms. The minimum absolute atomic E-state index is 0.0113. The van der Waals surface area contributed by atoms with Gasteiger partial charge in [0.05, 0.1) is 52.3 Å². The van der Waals surface area contributed by atoms with E-state index in [9.17, 15) is 25.3 Å². The average Bonchev–Trinajstić information content (AvgIpc) is 3.05. The minimum atomic E-state index is -4.14. The van der Waals surface area contributed by atoms with Crippen molar-refractivity contribution < 1.29 is 52.6 Å². The zero-order valence-corrected chi connectivity index (χ0v) is 33.5. The van der Waals surface area contributed by atoms with Crippen molar-refractivity contribution in [2.24, 2.45) is 0 Å². The molecule has 2 heterocycles. The Morgan fingerprint density at radius 1 is 0.528 bits per heavy atom. The Balaban J connectivity index is 1.34. The van der Waals surface area contributed by atoms with Crippen molar-refractivity contribution in [2.75, 3.05) is 26.3 Å². The highest BCUT2D eigenvalue weighted by Crippen LogP contribution is 2.33. The maximum absolute atomic E-state index is 14.3. The van der Waals surface area contributed by atoms with Crippen LogP contribution in [0.15, 0.2) is 87.5 Å². The van der Waals surface area contributed by atoms with E-state index in [1.807, 2.05) is 20.8 Å². The zero-order valence-electron chi connectivity index (χ0n) is 31.1. The number of aryl methyl sites for hydroxylation is 3. The van der Waals surface area contributed by atoms with E-state index < -0.39 is 66.2 Å². The lowest BCUT2D eigenvalue weighted by molar-refractivity contribution is -0.308. The van der Waals surface area contributed by atoms with Gasteiger partial charge in [-0.3, -0.25) is 8.37 Å². The van der Waals surface area contributed by atoms with Gasteiger partial charge in [0, 0.05) is 25.9 Å². The van der Waals surface area contributed by atoms with Crippen LogP contribution in [0.1, 0.15) is 57.2 Å². The van der Waals surface area contributed by atoms with E-state index in [0.29, 0.717) is 0 Å². The molecule has 16 heteroatoms. The van der Waals surface area contributed by atoms with Crippen LogP contribution in [0.3, 0.4) is 0 Å². The van der Waals surface area contributed by atoms with Gasteiger partial charge >= 0.3 is 0 Å². The van der Waals surface area contributed by atoms with Crippen LogP contribution in [0, 0.1) is 20.8 Å².